The van der Waals surface area contributed by atoms with Crippen molar-refractivity contribution in [2.24, 2.45) is 0 Å². The Balaban J connectivity index is 1.88. The molecule has 3 aromatic rings. The number of aryl methyl sites for hydroxylation is 4. The van der Waals surface area contributed by atoms with E-state index in [9.17, 15) is 9.59 Å². The Morgan fingerprint density at radius 3 is 2.03 bits per heavy atom. The first-order chi connectivity index (χ1) is 15.3. The van der Waals surface area contributed by atoms with E-state index in [2.05, 4.69) is 5.32 Å². The second kappa shape index (κ2) is 8.35. The lowest BCUT2D eigenvalue weighted by Crippen LogP contribution is -2.32. The Labute approximate surface area is 188 Å². The fourth-order valence-electron chi connectivity index (χ4n) is 3.97. The molecule has 162 valence electrons. The van der Waals surface area contributed by atoms with Gasteiger partial charge in [-0.3, -0.25) is 9.59 Å². The van der Waals surface area contributed by atoms with E-state index in [-0.39, 0.29) is 11.6 Å². The number of imide groups is 1. The number of amides is 2. The highest BCUT2D eigenvalue weighted by atomic mass is 16.5. The van der Waals surface area contributed by atoms with Gasteiger partial charge < -0.3 is 10.1 Å². The molecule has 0 saturated heterocycles. The molecule has 0 bridgehead atoms. The van der Waals surface area contributed by atoms with Crippen LogP contribution < -0.4 is 15.0 Å². The van der Waals surface area contributed by atoms with Gasteiger partial charge in [0, 0.05) is 0 Å². The van der Waals surface area contributed by atoms with E-state index in [0.29, 0.717) is 22.7 Å². The highest BCUT2D eigenvalue weighted by Crippen LogP contribution is 2.37. The van der Waals surface area contributed by atoms with Crippen LogP contribution in [0, 0.1) is 27.7 Å². The van der Waals surface area contributed by atoms with Crippen LogP contribution in [0.4, 0.5) is 11.4 Å². The second-order valence-corrected chi connectivity index (χ2v) is 8.18. The average Bonchev–Trinajstić information content (AvgIpc) is 2.99. The van der Waals surface area contributed by atoms with E-state index in [4.69, 9.17) is 4.74 Å². The molecule has 1 aliphatic rings. The number of carbonyl (C=O) groups excluding carboxylic acids is 2. The van der Waals surface area contributed by atoms with E-state index in [1.165, 1.54) is 4.90 Å². The van der Waals surface area contributed by atoms with Crippen LogP contribution in [0.2, 0.25) is 0 Å². The highest BCUT2D eigenvalue weighted by Gasteiger charge is 2.41. The van der Waals surface area contributed by atoms with Gasteiger partial charge in [0.15, 0.2) is 0 Å². The molecule has 0 saturated carbocycles. The highest BCUT2D eigenvalue weighted by molar-refractivity contribution is 6.46. The summed E-state index contributed by atoms with van der Waals surface area (Å²) in [6.07, 6.45) is 0. The summed E-state index contributed by atoms with van der Waals surface area (Å²) in [5.41, 5.74) is 6.60. The average molecular weight is 427 g/mol. The van der Waals surface area contributed by atoms with Crippen molar-refractivity contribution < 1.29 is 14.3 Å². The summed E-state index contributed by atoms with van der Waals surface area (Å²) in [5.74, 6) is -0.144. The summed E-state index contributed by atoms with van der Waals surface area (Å²) >= 11 is 0. The molecule has 3 aromatic carbocycles. The second-order valence-electron chi connectivity index (χ2n) is 8.18. The fraction of sp³-hybridized carbons (Fsp3) is 0.185. The van der Waals surface area contributed by atoms with E-state index in [1.807, 2.05) is 76.2 Å². The lowest BCUT2D eigenvalue weighted by atomic mass is 9.97. The topological polar surface area (TPSA) is 58.6 Å². The number of carbonyl (C=O) groups is 2. The maximum Gasteiger partial charge on any atom is 0.282 e. The number of methoxy groups -OCH3 is 1. The molecule has 2 amide bonds. The van der Waals surface area contributed by atoms with Crippen molar-refractivity contribution in [3.05, 3.63) is 94.2 Å². The van der Waals surface area contributed by atoms with Crippen molar-refractivity contribution in [1.82, 2.24) is 0 Å². The molecule has 0 fully saturated rings. The van der Waals surface area contributed by atoms with Gasteiger partial charge in [0.2, 0.25) is 0 Å². The van der Waals surface area contributed by atoms with Gasteiger partial charge >= 0.3 is 0 Å². The van der Waals surface area contributed by atoms with E-state index < -0.39 is 5.91 Å². The van der Waals surface area contributed by atoms with E-state index in [0.717, 1.165) is 27.8 Å². The Morgan fingerprint density at radius 2 is 1.38 bits per heavy atom. The minimum absolute atomic E-state index is 0.242. The quantitative estimate of drug-likeness (QED) is 0.561. The predicted octanol–water partition coefficient (Wildman–Crippen LogP) is 5.33. The molecule has 0 atom stereocenters. The molecular weight excluding hydrogens is 400 g/mol. The van der Waals surface area contributed by atoms with Gasteiger partial charge in [-0.25, -0.2) is 4.90 Å². The van der Waals surface area contributed by atoms with Gasteiger partial charge in [0.1, 0.15) is 11.4 Å². The first-order valence-corrected chi connectivity index (χ1v) is 10.5. The van der Waals surface area contributed by atoms with Crippen LogP contribution in [0.15, 0.2) is 66.4 Å². The van der Waals surface area contributed by atoms with Crippen molar-refractivity contribution in [3.8, 4) is 5.75 Å². The van der Waals surface area contributed by atoms with Gasteiger partial charge in [0.05, 0.1) is 24.1 Å². The molecule has 0 radical (unpaired) electrons. The van der Waals surface area contributed by atoms with Gasteiger partial charge in [-0.15, -0.1) is 0 Å². The number of rotatable bonds is 5. The summed E-state index contributed by atoms with van der Waals surface area (Å²) in [4.78, 5) is 28.5. The van der Waals surface area contributed by atoms with Crippen LogP contribution in [-0.2, 0) is 9.59 Å². The minimum atomic E-state index is -0.391. The number of nitrogens with one attached hydrogen (secondary N) is 1. The molecule has 1 N–H and O–H groups in total. The number of ether oxygens (including phenoxy) is 1. The normalized spacial score (nSPS) is 13.7. The molecule has 4 rings (SSSR count). The largest absolute Gasteiger partial charge is 0.495 e. The molecular formula is C27H26N2O3. The zero-order valence-corrected chi connectivity index (χ0v) is 18.9. The summed E-state index contributed by atoms with van der Waals surface area (Å²) in [6.45, 7) is 7.88. The van der Waals surface area contributed by atoms with Crippen molar-refractivity contribution in [1.29, 1.82) is 0 Å². The van der Waals surface area contributed by atoms with Crippen molar-refractivity contribution in [2.45, 2.75) is 27.7 Å². The Kier molecular flexibility index (Phi) is 5.57. The standard InChI is InChI=1S/C27H26N2O3/c1-16-6-10-20(11-7-16)29-26(30)24(21-12-8-17(2)14-19(21)4)25(27(29)31)28-22-15-18(3)9-13-23(22)32-5/h6-15,28H,1-5H3. The van der Waals surface area contributed by atoms with Crippen LogP contribution in [0.25, 0.3) is 5.57 Å². The Morgan fingerprint density at radius 1 is 0.750 bits per heavy atom. The smallest absolute Gasteiger partial charge is 0.282 e. The third-order valence-corrected chi connectivity index (χ3v) is 5.64. The van der Waals surface area contributed by atoms with Crippen LogP contribution in [0.1, 0.15) is 27.8 Å². The van der Waals surface area contributed by atoms with Crippen molar-refractivity contribution in [2.75, 3.05) is 17.3 Å². The first-order valence-electron chi connectivity index (χ1n) is 10.5. The molecule has 0 aliphatic carbocycles. The molecule has 0 aromatic heterocycles. The number of anilines is 2. The maximum atomic E-state index is 13.6. The van der Waals surface area contributed by atoms with Crippen LogP contribution >= 0.6 is 0 Å². The molecule has 32 heavy (non-hydrogen) atoms. The van der Waals surface area contributed by atoms with Gasteiger partial charge in [-0.1, -0.05) is 47.5 Å². The number of nitrogens with zero attached hydrogens (tertiary/aromatic N) is 1. The van der Waals surface area contributed by atoms with Crippen LogP contribution in [0.3, 0.4) is 0 Å². The molecule has 1 aliphatic heterocycles. The molecule has 5 heteroatoms. The SMILES string of the molecule is COc1ccc(C)cc1NC1=C(c2ccc(C)cc2C)C(=O)N(c2ccc(C)cc2)C1=O. The first kappa shape index (κ1) is 21.4. The molecule has 5 nitrogen and oxygen atoms in total. The van der Waals surface area contributed by atoms with Gasteiger partial charge in [-0.2, -0.15) is 0 Å². The maximum absolute atomic E-state index is 13.6. The minimum Gasteiger partial charge on any atom is -0.495 e. The summed E-state index contributed by atoms with van der Waals surface area (Å²) in [5, 5.41) is 3.23. The number of benzene rings is 3. The molecule has 0 unspecified atom stereocenters. The molecule has 0 spiro atoms. The summed E-state index contributed by atoms with van der Waals surface area (Å²) in [6, 6.07) is 18.9. The Bertz CT molecular complexity index is 1260. The van der Waals surface area contributed by atoms with Crippen molar-refractivity contribution >= 4 is 28.8 Å². The fourth-order valence-corrected chi connectivity index (χ4v) is 3.97. The van der Waals surface area contributed by atoms with Crippen LogP contribution in [-0.4, -0.2) is 18.9 Å². The number of hydrogen-bond acceptors (Lipinski definition) is 4. The third kappa shape index (κ3) is 3.78. The van der Waals surface area contributed by atoms with E-state index in [1.54, 1.807) is 19.2 Å². The zero-order chi connectivity index (χ0) is 23.0. The summed E-state index contributed by atoms with van der Waals surface area (Å²) in [7, 11) is 1.58. The predicted molar refractivity (Wildman–Crippen MR) is 128 cm³/mol. The van der Waals surface area contributed by atoms with Gasteiger partial charge in [-0.05, 0) is 68.7 Å². The van der Waals surface area contributed by atoms with Crippen molar-refractivity contribution in [3.63, 3.8) is 0 Å². The Hall–Kier alpha value is -3.86. The summed E-state index contributed by atoms with van der Waals surface area (Å²) < 4.78 is 5.48. The zero-order valence-electron chi connectivity index (χ0n) is 18.9. The monoisotopic (exact) mass is 426 g/mol. The van der Waals surface area contributed by atoms with Crippen LogP contribution in [0.5, 0.6) is 5.75 Å². The third-order valence-electron chi connectivity index (χ3n) is 5.64. The number of hydrogen-bond donors (Lipinski definition) is 1. The molecule has 1 heterocycles. The lowest BCUT2D eigenvalue weighted by molar-refractivity contribution is -0.120. The lowest BCUT2D eigenvalue weighted by Gasteiger charge is -2.16. The van der Waals surface area contributed by atoms with E-state index >= 15 is 0 Å². The van der Waals surface area contributed by atoms with Gasteiger partial charge in [0.25, 0.3) is 11.8 Å².